The molecule has 8 rings (SSSR count). The van der Waals surface area contributed by atoms with Crippen molar-refractivity contribution < 1.29 is 30.7 Å². The van der Waals surface area contributed by atoms with Crippen molar-refractivity contribution in [2.45, 2.75) is 51.4 Å². The van der Waals surface area contributed by atoms with Gasteiger partial charge in [0.25, 0.3) is 0 Å². The summed E-state index contributed by atoms with van der Waals surface area (Å²) in [6.07, 6.45) is 4.36. The molecule has 2 aliphatic rings. The first kappa shape index (κ1) is 30.1. The second-order valence-corrected chi connectivity index (χ2v) is 10.5. The van der Waals surface area contributed by atoms with Gasteiger partial charge in [0.1, 0.15) is 22.7 Å². The van der Waals surface area contributed by atoms with Gasteiger partial charge in [0.05, 0.1) is 41.3 Å². The van der Waals surface area contributed by atoms with Crippen LogP contribution < -0.4 is 0 Å². The predicted molar refractivity (Wildman–Crippen MR) is 150 cm³/mol. The molecular formula is C30H23F7N8. The monoisotopic (exact) mass is 628 g/mol. The molecule has 2 fully saturated rings. The third kappa shape index (κ3) is 5.46. The summed E-state index contributed by atoms with van der Waals surface area (Å²) in [5.41, 5.74) is -0.0393. The quantitative estimate of drug-likeness (QED) is 0.185. The Morgan fingerprint density at radius 3 is 1.67 bits per heavy atom. The van der Waals surface area contributed by atoms with Crippen molar-refractivity contribution in [2.75, 3.05) is 0 Å². The van der Waals surface area contributed by atoms with Crippen LogP contribution in [0, 0.1) is 23.3 Å². The Labute approximate surface area is 250 Å². The lowest BCUT2D eigenvalue weighted by atomic mass is 10.1. The SMILES string of the molecule is C.Fc1cc2c(nc(-c3ccnnc3)n2C2CC2)c(C(F)(F)F)c1F.Fc1cc2nc(-c3ccnnc3)n(C3CC3)c2cc1F. The molecular weight excluding hydrogens is 605 g/mol. The largest absolute Gasteiger partial charge is 0.421 e. The summed E-state index contributed by atoms with van der Waals surface area (Å²) in [6.45, 7) is 0. The molecule has 0 spiro atoms. The van der Waals surface area contributed by atoms with E-state index in [2.05, 4.69) is 30.4 Å². The summed E-state index contributed by atoms with van der Waals surface area (Å²) in [5, 5.41) is 14.9. The Balaban J connectivity index is 0.000000158. The zero-order valence-corrected chi connectivity index (χ0v) is 22.4. The molecule has 8 nitrogen and oxygen atoms in total. The third-order valence-electron chi connectivity index (χ3n) is 7.40. The first-order chi connectivity index (χ1) is 21.1. The molecule has 0 N–H and O–H groups in total. The molecule has 2 aromatic carbocycles. The van der Waals surface area contributed by atoms with Gasteiger partial charge in [-0.3, -0.25) is 0 Å². The number of alkyl halides is 3. The van der Waals surface area contributed by atoms with Gasteiger partial charge in [-0.15, -0.1) is 0 Å². The van der Waals surface area contributed by atoms with E-state index in [0.717, 1.165) is 43.4 Å². The number of benzene rings is 2. The molecule has 0 saturated heterocycles. The van der Waals surface area contributed by atoms with Crippen LogP contribution in [0.15, 0.2) is 55.1 Å². The van der Waals surface area contributed by atoms with Crippen LogP contribution in [0.3, 0.4) is 0 Å². The molecule has 4 heterocycles. The number of nitrogens with zero attached hydrogens (tertiary/aromatic N) is 8. The number of aromatic nitrogens is 8. The molecule has 0 amide bonds. The van der Waals surface area contributed by atoms with E-state index in [4.69, 9.17) is 0 Å². The molecule has 0 unspecified atom stereocenters. The number of fused-ring (bicyclic) bond motifs is 2. The van der Waals surface area contributed by atoms with Crippen molar-refractivity contribution in [2.24, 2.45) is 0 Å². The van der Waals surface area contributed by atoms with Crippen molar-refractivity contribution in [1.82, 2.24) is 39.5 Å². The lowest BCUT2D eigenvalue weighted by molar-refractivity contribution is -0.139. The van der Waals surface area contributed by atoms with Crippen molar-refractivity contribution in [3.8, 4) is 22.8 Å². The predicted octanol–water partition coefficient (Wildman–Crippen LogP) is 7.87. The normalized spacial score (nSPS) is 14.7. The van der Waals surface area contributed by atoms with Gasteiger partial charge in [0, 0.05) is 41.4 Å². The summed E-state index contributed by atoms with van der Waals surface area (Å²) >= 11 is 0. The maximum atomic E-state index is 13.8. The maximum Gasteiger partial charge on any atom is 0.421 e. The van der Waals surface area contributed by atoms with Gasteiger partial charge in [-0.2, -0.15) is 33.6 Å². The molecule has 232 valence electrons. The highest BCUT2D eigenvalue weighted by Crippen LogP contribution is 2.45. The van der Waals surface area contributed by atoms with Gasteiger partial charge in [0.2, 0.25) is 0 Å². The van der Waals surface area contributed by atoms with E-state index in [1.165, 1.54) is 29.1 Å². The Morgan fingerprint density at radius 2 is 1.16 bits per heavy atom. The summed E-state index contributed by atoms with van der Waals surface area (Å²) in [7, 11) is 0. The van der Waals surface area contributed by atoms with Crippen molar-refractivity contribution in [3.63, 3.8) is 0 Å². The lowest BCUT2D eigenvalue weighted by Crippen LogP contribution is -2.11. The van der Waals surface area contributed by atoms with Crippen LogP contribution >= 0.6 is 0 Å². The molecule has 6 aromatic rings. The van der Waals surface area contributed by atoms with Crippen molar-refractivity contribution in [1.29, 1.82) is 0 Å². The minimum absolute atomic E-state index is 0. The summed E-state index contributed by atoms with van der Waals surface area (Å²) in [6, 6.07) is 6.66. The molecule has 2 aliphatic carbocycles. The van der Waals surface area contributed by atoms with E-state index >= 15 is 0 Å². The maximum absolute atomic E-state index is 13.8. The molecule has 45 heavy (non-hydrogen) atoms. The first-order valence-electron chi connectivity index (χ1n) is 13.5. The number of imidazole rings is 2. The highest BCUT2D eigenvalue weighted by Gasteiger charge is 2.41. The Bertz CT molecular complexity index is 2020. The van der Waals surface area contributed by atoms with Crippen LogP contribution in [-0.4, -0.2) is 39.5 Å². The summed E-state index contributed by atoms with van der Waals surface area (Å²) in [4.78, 5) is 8.42. The van der Waals surface area contributed by atoms with E-state index in [-0.39, 0.29) is 24.8 Å². The van der Waals surface area contributed by atoms with E-state index in [9.17, 15) is 30.7 Å². The van der Waals surface area contributed by atoms with Gasteiger partial charge in [-0.05, 0) is 37.8 Å². The fourth-order valence-electron chi connectivity index (χ4n) is 5.18. The standard InChI is InChI=1S/C15H9F5N4.C14H10F2N4.CH4/c16-9-5-10-13(11(12(9)17)15(18,19)20)23-14(24(10)8-1-2-8)7-3-4-21-22-6-7;15-10-5-12-13(6-11(10)16)20(9-1-2-9)14(19-12)8-3-4-17-18-7-8;/h3-6,8H,1-2H2;3-7,9H,1-2H2;1H4. The van der Waals surface area contributed by atoms with Crippen LogP contribution in [0.25, 0.3) is 44.8 Å². The van der Waals surface area contributed by atoms with E-state index in [0.29, 0.717) is 28.5 Å². The van der Waals surface area contributed by atoms with Crippen LogP contribution in [-0.2, 0) is 6.18 Å². The highest BCUT2D eigenvalue weighted by molar-refractivity contribution is 5.85. The molecule has 0 radical (unpaired) electrons. The second-order valence-electron chi connectivity index (χ2n) is 10.5. The summed E-state index contributed by atoms with van der Waals surface area (Å²) < 4.78 is 97.7. The molecule has 0 aliphatic heterocycles. The number of hydrogen-bond acceptors (Lipinski definition) is 6. The lowest BCUT2D eigenvalue weighted by Gasteiger charge is -2.10. The topological polar surface area (TPSA) is 87.2 Å². The van der Waals surface area contributed by atoms with E-state index in [1.807, 2.05) is 4.57 Å². The van der Waals surface area contributed by atoms with Gasteiger partial charge in [0.15, 0.2) is 23.3 Å². The fourth-order valence-corrected chi connectivity index (χ4v) is 5.18. The first-order valence-corrected chi connectivity index (χ1v) is 13.5. The molecule has 2 saturated carbocycles. The van der Waals surface area contributed by atoms with Crippen LogP contribution in [0.5, 0.6) is 0 Å². The van der Waals surface area contributed by atoms with E-state index in [1.54, 1.807) is 18.5 Å². The Morgan fingerprint density at radius 1 is 0.644 bits per heavy atom. The fraction of sp³-hybridized carbons (Fsp3) is 0.267. The van der Waals surface area contributed by atoms with Crippen molar-refractivity contribution in [3.05, 3.63) is 84.0 Å². The molecule has 4 aromatic heterocycles. The van der Waals surface area contributed by atoms with Crippen LogP contribution in [0.4, 0.5) is 30.7 Å². The van der Waals surface area contributed by atoms with Gasteiger partial charge in [-0.25, -0.2) is 27.5 Å². The summed E-state index contributed by atoms with van der Waals surface area (Å²) in [5.74, 6) is -4.33. The number of rotatable bonds is 4. The Kier molecular flexibility index (Phi) is 7.49. The minimum atomic E-state index is -5.05. The minimum Gasteiger partial charge on any atom is -0.321 e. The molecule has 0 atom stereocenters. The average Bonchev–Trinajstić information content (AvgIpc) is 3.95. The average molecular weight is 629 g/mol. The third-order valence-corrected chi connectivity index (χ3v) is 7.40. The Hall–Kier alpha value is -4.95. The van der Waals surface area contributed by atoms with Gasteiger partial charge >= 0.3 is 6.18 Å². The second kappa shape index (κ2) is 11.2. The number of halogens is 7. The van der Waals surface area contributed by atoms with Crippen molar-refractivity contribution >= 4 is 22.1 Å². The zero-order valence-electron chi connectivity index (χ0n) is 22.4. The van der Waals surface area contributed by atoms with Gasteiger partial charge in [-0.1, -0.05) is 7.43 Å². The smallest absolute Gasteiger partial charge is 0.321 e. The zero-order chi connectivity index (χ0) is 30.7. The van der Waals surface area contributed by atoms with E-state index < -0.39 is 40.5 Å². The van der Waals surface area contributed by atoms with Crippen LogP contribution in [0.1, 0.15) is 50.8 Å². The van der Waals surface area contributed by atoms with Crippen LogP contribution in [0.2, 0.25) is 0 Å². The molecule has 15 heteroatoms. The van der Waals surface area contributed by atoms with Gasteiger partial charge < -0.3 is 9.13 Å². The molecule has 0 bridgehead atoms. The number of hydrogen-bond donors (Lipinski definition) is 0. The highest BCUT2D eigenvalue weighted by atomic mass is 19.4.